The molecule has 0 radical (unpaired) electrons. The predicted octanol–water partition coefficient (Wildman–Crippen LogP) is 3.84. The number of fused-ring (bicyclic) bond motifs is 1. The van der Waals surface area contributed by atoms with Gasteiger partial charge < -0.3 is 4.57 Å². The van der Waals surface area contributed by atoms with Crippen LogP contribution >= 0.6 is 0 Å². The summed E-state index contributed by atoms with van der Waals surface area (Å²) in [5.41, 5.74) is 4.47. The van der Waals surface area contributed by atoms with Gasteiger partial charge in [0.05, 0.1) is 11.6 Å². The molecular formula is C18H16N2. The molecule has 0 fully saturated rings. The average molecular weight is 260 g/mol. The Morgan fingerprint density at radius 2 is 1.75 bits per heavy atom. The maximum absolute atomic E-state index is 9.13. The van der Waals surface area contributed by atoms with Crippen molar-refractivity contribution in [3.8, 4) is 6.07 Å². The summed E-state index contributed by atoms with van der Waals surface area (Å²) >= 11 is 0. The van der Waals surface area contributed by atoms with Crippen LogP contribution in [0.4, 0.5) is 0 Å². The van der Waals surface area contributed by atoms with E-state index in [0.29, 0.717) is 0 Å². The summed E-state index contributed by atoms with van der Waals surface area (Å²) in [6.07, 6.45) is 1.85. The van der Waals surface area contributed by atoms with Gasteiger partial charge in [-0.2, -0.15) is 5.26 Å². The molecule has 2 nitrogen and oxygen atoms in total. The largest absolute Gasteiger partial charge is 0.348 e. The van der Waals surface area contributed by atoms with Gasteiger partial charge >= 0.3 is 0 Å². The highest BCUT2D eigenvalue weighted by Crippen LogP contribution is 2.20. The fourth-order valence-electron chi connectivity index (χ4n) is 2.70. The van der Waals surface area contributed by atoms with Crippen LogP contribution in [0, 0.1) is 11.3 Å². The number of para-hydroxylation sites is 1. The van der Waals surface area contributed by atoms with Crippen LogP contribution in [0.3, 0.4) is 0 Å². The van der Waals surface area contributed by atoms with Crippen molar-refractivity contribution < 1.29 is 0 Å². The van der Waals surface area contributed by atoms with Crippen LogP contribution < -0.4 is 0 Å². The molecular weight excluding hydrogens is 244 g/mol. The minimum atomic E-state index is 0.784. The predicted molar refractivity (Wildman–Crippen MR) is 81.5 cm³/mol. The van der Waals surface area contributed by atoms with E-state index >= 15 is 0 Å². The molecule has 0 aliphatic carbocycles. The van der Waals surface area contributed by atoms with Crippen LogP contribution in [0.15, 0.2) is 54.6 Å². The lowest BCUT2D eigenvalue weighted by molar-refractivity contribution is 0.819. The summed E-state index contributed by atoms with van der Waals surface area (Å²) in [5.74, 6) is 0. The molecule has 0 spiro atoms. The highest BCUT2D eigenvalue weighted by molar-refractivity contribution is 5.81. The molecule has 3 aromatic rings. The zero-order valence-electron chi connectivity index (χ0n) is 11.5. The molecule has 2 heteroatoms. The summed E-state index contributed by atoms with van der Waals surface area (Å²) < 4.78 is 2.24. The Labute approximate surface area is 118 Å². The number of hydrogen-bond donors (Lipinski definition) is 0. The Morgan fingerprint density at radius 3 is 2.55 bits per heavy atom. The lowest BCUT2D eigenvalue weighted by atomic mass is 10.0. The Kier molecular flexibility index (Phi) is 3.26. The molecule has 98 valence electrons. The van der Waals surface area contributed by atoms with Gasteiger partial charge in [-0.3, -0.25) is 0 Å². The zero-order chi connectivity index (χ0) is 13.9. The van der Waals surface area contributed by atoms with Crippen molar-refractivity contribution in [1.82, 2.24) is 4.57 Å². The molecule has 0 bridgehead atoms. The number of benzene rings is 2. The average Bonchev–Trinajstić information content (AvgIpc) is 2.82. The number of aromatic nitrogens is 1. The third-order valence-corrected chi connectivity index (χ3v) is 3.84. The van der Waals surface area contributed by atoms with Crippen LogP contribution in [0.2, 0.25) is 0 Å². The van der Waals surface area contributed by atoms with Gasteiger partial charge in [0.15, 0.2) is 0 Å². The van der Waals surface area contributed by atoms with E-state index in [0.717, 1.165) is 24.0 Å². The summed E-state index contributed by atoms with van der Waals surface area (Å²) in [4.78, 5) is 0. The molecule has 0 aliphatic heterocycles. The van der Waals surface area contributed by atoms with E-state index < -0.39 is 0 Å². The molecule has 0 atom stereocenters. The summed E-state index contributed by atoms with van der Waals surface area (Å²) in [5, 5.41) is 10.4. The molecule has 0 amide bonds. The fourth-order valence-corrected chi connectivity index (χ4v) is 2.70. The highest BCUT2D eigenvalue weighted by atomic mass is 14.9. The smallest absolute Gasteiger partial charge is 0.0994 e. The number of rotatable bonds is 3. The van der Waals surface area contributed by atoms with Crippen LogP contribution in [0.5, 0.6) is 0 Å². The normalized spacial score (nSPS) is 10.6. The van der Waals surface area contributed by atoms with Crippen LogP contribution in [-0.2, 0) is 19.9 Å². The van der Waals surface area contributed by atoms with Crippen LogP contribution in [0.25, 0.3) is 10.9 Å². The van der Waals surface area contributed by atoms with Gasteiger partial charge in [0.25, 0.3) is 0 Å². The van der Waals surface area contributed by atoms with Crippen molar-refractivity contribution >= 4 is 10.9 Å². The highest BCUT2D eigenvalue weighted by Gasteiger charge is 2.07. The molecule has 0 unspecified atom stereocenters. The van der Waals surface area contributed by atoms with E-state index in [9.17, 15) is 0 Å². The topological polar surface area (TPSA) is 28.7 Å². The third kappa shape index (κ3) is 2.19. The summed E-state index contributed by atoms with van der Waals surface area (Å²) in [7, 11) is 2.11. The molecule has 0 aliphatic rings. The van der Waals surface area contributed by atoms with E-state index in [4.69, 9.17) is 5.26 Å². The minimum Gasteiger partial charge on any atom is -0.348 e. The second-order valence-electron chi connectivity index (χ2n) is 5.02. The van der Waals surface area contributed by atoms with Gasteiger partial charge in [0.2, 0.25) is 0 Å². The maximum atomic E-state index is 9.13. The van der Waals surface area contributed by atoms with Crippen molar-refractivity contribution in [3.05, 3.63) is 71.4 Å². The first-order valence-corrected chi connectivity index (χ1v) is 6.81. The monoisotopic (exact) mass is 260 g/mol. The number of nitriles is 1. The third-order valence-electron chi connectivity index (χ3n) is 3.84. The Hall–Kier alpha value is -2.53. The van der Waals surface area contributed by atoms with Gasteiger partial charge in [-0.25, -0.2) is 0 Å². The maximum Gasteiger partial charge on any atom is 0.0994 e. The van der Waals surface area contributed by atoms with Crippen molar-refractivity contribution in [2.24, 2.45) is 7.05 Å². The second kappa shape index (κ2) is 5.22. The first-order valence-electron chi connectivity index (χ1n) is 6.81. The van der Waals surface area contributed by atoms with Crippen molar-refractivity contribution in [3.63, 3.8) is 0 Å². The van der Waals surface area contributed by atoms with Gasteiger partial charge in [0, 0.05) is 18.3 Å². The molecule has 0 saturated carbocycles. The Bertz CT molecular complexity index is 791. The van der Waals surface area contributed by atoms with E-state index in [1.54, 1.807) is 0 Å². The Morgan fingerprint density at radius 1 is 1.00 bits per heavy atom. The molecule has 0 N–H and O–H groups in total. The van der Waals surface area contributed by atoms with Gasteiger partial charge in [-0.15, -0.1) is 0 Å². The lowest BCUT2D eigenvalue weighted by Gasteiger charge is -2.06. The Balaban J connectivity index is 1.87. The fraction of sp³-hybridized carbons (Fsp3) is 0.167. The van der Waals surface area contributed by atoms with Crippen molar-refractivity contribution in [2.45, 2.75) is 12.8 Å². The molecule has 20 heavy (non-hydrogen) atoms. The first kappa shape index (κ1) is 12.5. The van der Waals surface area contributed by atoms with Crippen molar-refractivity contribution in [1.29, 1.82) is 5.26 Å². The first-order chi connectivity index (χ1) is 9.79. The lowest BCUT2D eigenvalue weighted by Crippen LogP contribution is -2.00. The molecule has 1 heterocycles. The van der Waals surface area contributed by atoms with Crippen LogP contribution in [0.1, 0.15) is 16.8 Å². The quantitative estimate of drug-likeness (QED) is 0.703. The zero-order valence-corrected chi connectivity index (χ0v) is 11.5. The molecule has 2 aromatic carbocycles. The molecule has 0 saturated heterocycles. The van der Waals surface area contributed by atoms with Crippen LogP contribution in [-0.4, -0.2) is 4.57 Å². The summed E-state index contributed by atoms with van der Waals surface area (Å²) in [6, 6.07) is 20.8. The van der Waals surface area contributed by atoms with Gasteiger partial charge in [0.1, 0.15) is 0 Å². The second-order valence-corrected chi connectivity index (χ2v) is 5.02. The number of aryl methyl sites for hydroxylation is 3. The van der Waals surface area contributed by atoms with E-state index in [2.05, 4.69) is 48.0 Å². The van der Waals surface area contributed by atoms with Crippen molar-refractivity contribution in [2.75, 3.05) is 0 Å². The standard InChI is InChI=1S/C18H16N2/c1-20-17(12-15-7-4-5-9-18(15)20)11-10-14-6-2-3-8-16(14)13-19/h2-9,12H,10-11H2,1H3. The number of nitrogens with zero attached hydrogens (tertiary/aromatic N) is 2. The minimum absolute atomic E-state index is 0.784. The molecule has 1 aromatic heterocycles. The van der Waals surface area contributed by atoms with E-state index in [1.807, 2.05) is 24.3 Å². The summed E-state index contributed by atoms with van der Waals surface area (Å²) in [6.45, 7) is 0. The van der Waals surface area contributed by atoms with E-state index in [1.165, 1.54) is 16.6 Å². The molecule has 3 rings (SSSR count). The van der Waals surface area contributed by atoms with Gasteiger partial charge in [-0.1, -0.05) is 36.4 Å². The van der Waals surface area contributed by atoms with Gasteiger partial charge in [-0.05, 0) is 42.0 Å². The SMILES string of the molecule is Cn1c(CCc2ccccc2C#N)cc2ccccc21. The van der Waals surface area contributed by atoms with E-state index in [-0.39, 0.29) is 0 Å². The number of hydrogen-bond acceptors (Lipinski definition) is 1.